The number of aromatic amines is 1. The molecular formula is C21H22N5O+. The predicted octanol–water partition coefficient (Wildman–Crippen LogP) is 1.76. The van der Waals surface area contributed by atoms with Gasteiger partial charge in [-0.25, -0.2) is 4.98 Å². The number of anilines is 1. The van der Waals surface area contributed by atoms with E-state index in [1.807, 2.05) is 30.3 Å². The number of aromatic nitrogens is 2. The van der Waals surface area contributed by atoms with Crippen LogP contribution in [0, 0.1) is 11.3 Å². The van der Waals surface area contributed by atoms with Gasteiger partial charge in [0.2, 0.25) is 0 Å². The topological polar surface area (TPSA) is 80.4 Å². The molecule has 2 aromatic carbocycles. The van der Waals surface area contributed by atoms with Gasteiger partial charge in [-0.05, 0) is 24.3 Å². The Balaban J connectivity index is 1.46. The van der Waals surface area contributed by atoms with Gasteiger partial charge < -0.3 is 19.9 Å². The standard InChI is InChI=1S/C21H21N5O/c22-14-17(21-23-18-8-4-5-9-19(18)24-21)20(27)15-25-10-12-26(13-11-25)16-6-2-1-3-7-16/h1-9,27H,10-13,15H2,(H,23,24)/p+1/b20-17-. The molecule has 0 unspecified atom stereocenters. The molecule has 1 saturated heterocycles. The maximum Gasteiger partial charge on any atom is 0.169 e. The lowest BCUT2D eigenvalue weighted by molar-refractivity contribution is -0.897. The van der Waals surface area contributed by atoms with Gasteiger partial charge in [0.1, 0.15) is 18.2 Å². The molecule has 1 aliphatic rings. The number of nitriles is 1. The lowest BCUT2D eigenvalue weighted by Crippen LogP contribution is -3.15. The van der Waals surface area contributed by atoms with E-state index in [9.17, 15) is 10.4 Å². The second-order valence-electron chi connectivity index (χ2n) is 6.79. The van der Waals surface area contributed by atoms with Gasteiger partial charge in [-0.1, -0.05) is 30.3 Å². The summed E-state index contributed by atoms with van der Waals surface area (Å²) in [6.45, 7) is 4.12. The van der Waals surface area contributed by atoms with Crippen LogP contribution in [0.4, 0.5) is 5.69 Å². The summed E-state index contributed by atoms with van der Waals surface area (Å²) in [5.41, 5.74) is 3.11. The first-order valence-electron chi connectivity index (χ1n) is 9.15. The van der Waals surface area contributed by atoms with Gasteiger partial charge in [-0.15, -0.1) is 0 Å². The molecular weight excluding hydrogens is 338 g/mol. The van der Waals surface area contributed by atoms with Crippen molar-refractivity contribution in [1.29, 1.82) is 5.26 Å². The molecule has 0 amide bonds. The number of para-hydroxylation sites is 3. The third-order valence-corrected chi connectivity index (χ3v) is 5.04. The molecule has 3 N–H and O–H groups in total. The largest absolute Gasteiger partial charge is 0.506 e. The Kier molecular flexibility index (Phi) is 4.77. The molecule has 1 aliphatic heterocycles. The summed E-state index contributed by atoms with van der Waals surface area (Å²) in [4.78, 5) is 11.2. The highest BCUT2D eigenvalue weighted by Gasteiger charge is 2.23. The van der Waals surface area contributed by atoms with Crippen molar-refractivity contribution in [2.75, 3.05) is 37.6 Å². The Morgan fingerprint density at radius 3 is 2.52 bits per heavy atom. The van der Waals surface area contributed by atoms with Gasteiger partial charge in [0.05, 0.1) is 37.2 Å². The van der Waals surface area contributed by atoms with E-state index in [0.717, 1.165) is 37.2 Å². The average Bonchev–Trinajstić information content (AvgIpc) is 3.13. The molecule has 6 heteroatoms. The molecule has 0 saturated carbocycles. The number of aliphatic hydroxyl groups is 1. The number of hydrogen-bond donors (Lipinski definition) is 3. The first-order chi connectivity index (χ1) is 13.2. The first-order valence-corrected chi connectivity index (χ1v) is 9.15. The van der Waals surface area contributed by atoms with Gasteiger partial charge in [0.25, 0.3) is 0 Å². The van der Waals surface area contributed by atoms with Crippen molar-refractivity contribution in [3.63, 3.8) is 0 Å². The van der Waals surface area contributed by atoms with E-state index in [4.69, 9.17) is 0 Å². The van der Waals surface area contributed by atoms with E-state index in [-0.39, 0.29) is 11.3 Å². The van der Waals surface area contributed by atoms with Crippen molar-refractivity contribution >= 4 is 22.3 Å². The van der Waals surface area contributed by atoms with Gasteiger partial charge >= 0.3 is 0 Å². The predicted molar refractivity (Wildman–Crippen MR) is 105 cm³/mol. The Morgan fingerprint density at radius 1 is 1.11 bits per heavy atom. The number of benzene rings is 2. The summed E-state index contributed by atoms with van der Waals surface area (Å²) in [6.07, 6.45) is 0. The number of nitrogens with one attached hydrogen (secondary N) is 2. The highest BCUT2D eigenvalue weighted by molar-refractivity contribution is 5.82. The number of imidazole rings is 1. The lowest BCUT2D eigenvalue weighted by atomic mass is 10.2. The highest BCUT2D eigenvalue weighted by atomic mass is 16.3. The molecule has 6 nitrogen and oxygen atoms in total. The minimum atomic E-state index is 0.0970. The zero-order chi connectivity index (χ0) is 18.6. The van der Waals surface area contributed by atoms with Gasteiger partial charge in [0.15, 0.2) is 11.6 Å². The third-order valence-electron chi connectivity index (χ3n) is 5.04. The summed E-state index contributed by atoms with van der Waals surface area (Å²) in [5.74, 6) is 0.526. The van der Waals surface area contributed by atoms with Crippen molar-refractivity contribution in [2.45, 2.75) is 0 Å². The summed E-state index contributed by atoms with van der Waals surface area (Å²) in [6, 6.07) is 20.1. The number of rotatable bonds is 4. The SMILES string of the molecule is N#C/C(=C(/O)C[NH+]1CCN(c2ccccc2)CC1)c1nc2ccccc2[nH]1. The number of fused-ring (bicyclic) bond motifs is 1. The van der Waals surface area contributed by atoms with Crippen molar-refractivity contribution in [1.82, 2.24) is 9.97 Å². The summed E-state index contributed by atoms with van der Waals surface area (Å²) in [7, 11) is 0. The number of nitrogens with zero attached hydrogens (tertiary/aromatic N) is 3. The quantitative estimate of drug-likeness (QED) is 0.489. The van der Waals surface area contributed by atoms with E-state index >= 15 is 0 Å². The second kappa shape index (κ2) is 7.52. The summed E-state index contributed by atoms with van der Waals surface area (Å²) in [5, 5.41) is 20.1. The molecule has 0 spiro atoms. The zero-order valence-electron chi connectivity index (χ0n) is 15.0. The lowest BCUT2D eigenvalue weighted by Gasteiger charge is -2.33. The number of allylic oxidation sites excluding steroid dienone is 1. The van der Waals surface area contributed by atoms with Crippen molar-refractivity contribution in [3.8, 4) is 6.07 Å². The smallest absolute Gasteiger partial charge is 0.169 e. The fourth-order valence-corrected chi connectivity index (χ4v) is 3.55. The number of aliphatic hydroxyl groups excluding tert-OH is 1. The van der Waals surface area contributed by atoms with Crippen LogP contribution < -0.4 is 9.80 Å². The van der Waals surface area contributed by atoms with Crippen LogP contribution in [0.15, 0.2) is 60.4 Å². The fourth-order valence-electron chi connectivity index (χ4n) is 3.55. The van der Waals surface area contributed by atoms with Gasteiger partial charge in [-0.3, -0.25) is 0 Å². The van der Waals surface area contributed by atoms with Crippen LogP contribution in [0.3, 0.4) is 0 Å². The van der Waals surface area contributed by atoms with Crippen LogP contribution in [0.2, 0.25) is 0 Å². The molecule has 1 fully saturated rings. The van der Waals surface area contributed by atoms with E-state index in [1.165, 1.54) is 10.6 Å². The van der Waals surface area contributed by atoms with E-state index in [1.54, 1.807) is 0 Å². The number of hydrogen-bond acceptors (Lipinski definition) is 4. The van der Waals surface area contributed by atoms with E-state index in [0.29, 0.717) is 12.4 Å². The Hall–Kier alpha value is -3.30. The molecule has 3 aromatic rings. The molecule has 0 radical (unpaired) electrons. The van der Waals surface area contributed by atoms with Crippen LogP contribution in [-0.4, -0.2) is 47.8 Å². The molecule has 136 valence electrons. The molecule has 0 bridgehead atoms. The second-order valence-corrected chi connectivity index (χ2v) is 6.79. The van der Waals surface area contributed by atoms with Gasteiger partial charge in [0, 0.05) is 5.69 Å². The molecule has 1 aromatic heterocycles. The summed E-state index contributed by atoms with van der Waals surface area (Å²) >= 11 is 0. The Bertz CT molecular complexity index is 961. The van der Waals surface area contributed by atoms with Crippen molar-refractivity contribution in [2.24, 2.45) is 0 Å². The zero-order valence-corrected chi connectivity index (χ0v) is 15.0. The summed E-state index contributed by atoms with van der Waals surface area (Å²) < 4.78 is 0. The third kappa shape index (κ3) is 3.64. The van der Waals surface area contributed by atoms with Crippen LogP contribution in [0.5, 0.6) is 0 Å². The molecule has 2 heterocycles. The van der Waals surface area contributed by atoms with Crippen molar-refractivity contribution < 1.29 is 10.0 Å². The maximum atomic E-state index is 10.6. The minimum Gasteiger partial charge on any atom is -0.506 e. The number of H-pyrrole nitrogens is 1. The van der Waals surface area contributed by atoms with E-state index in [2.05, 4.69) is 45.2 Å². The van der Waals surface area contributed by atoms with Gasteiger partial charge in [-0.2, -0.15) is 5.26 Å². The Morgan fingerprint density at radius 2 is 1.81 bits per heavy atom. The maximum absolute atomic E-state index is 10.6. The molecule has 4 rings (SSSR count). The number of quaternary nitrogens is 1. The van der Waals surface area contributed by atoms with Crippen LogP contribution in [0.25, 0.3) is 16.6 Å². The fraction of sp³-hybridized carbons (Fsp3) is 0.238. The van der Waals surface area contributed by atoms with E-state index < -0.39 is 0 Å². The minimum absolute atomic E-state index is 0.0970. The van der Waals surface area contributed by atoms with Crippen LogP contribution in [-0.2, 0) is 0 Å². The van der Waals surface area contributed by atoms with Crippen LogP contribution >= 0.6 is 0 Å². The normalized spacial score (nSPS) is 16.2. The van der Waals surface area contributed by atoms with Crippen LogP contribution in [0.1, 0.15) is 5.82 Å². The monoisotopic (exact) mass is 360 g/mol. The molecule has 0 aliphatic carbocycles. The highest BCUT2D eigenvalue weighted by Crippen LogP contribution is 2.18. The number of piperazine rings is 1. The first kappa shape index (κ1) is 17.1. The molecule has 0 atom stereocenters. The Labute approximate surface area is 158 Å². The molecule has 27 heavy (non-hydrogen) atoms. The van der Waals surface area contributed by atoms with Crippen molar-refractivity contribution in [3.05, 3.63) is 66.2 Å². The average molecular weight is 360 g/mol.